The molecule has 7 aromatic carbocycles. The SMILES string of the molecule is C=Cc1oc2cc(-c3c4ccccc4c(-c4ccc(-c5cccc6ccccc56)cc4)c4ccccc34)ccc2c1C=C. The minimum Gasteiger partial charge on any atom is -0.456 e. The van der Waals surface area contributed by atoms with Crippen LogP contribution in [0.25, 0.3) is 88.8 Å². The van der Waals surface area contributed by atoms with Crippen LogP contribution in [0.5, 0.6) is 0 Å². The smallest absolute Gasteiger partial charge is 0.136 e. The second kappa shape index (κ2) is 10.0. The summed E-state index contributed by atoms with van der Waals surface area (Å²) in [4.78, 5) is 0. The normalized spacial score (nSPS) is 11.4. The third-order valence-electron chi connectivity index (χ3n) is 8.64. The van der Waals surface area contributed by atoms with Gasteiger partial charge in [0, 0.05) is 10.9 Å². The van der Waals surface area contributed by atoms with E-state index >= 15 is 0 Å². The Balaban J connectivity index is 1.35. The average Bonchev–Trinajstić information content (AvgIpc) is 3.44. The third kappa shape index (κ3) is 3.94. The van der Waals surface area contributed by atoms with Crippen LogP contribution in [0.3, 0.4) is 0 Å². The van der Waals surface area contributed by atoms with Crippen LogP contribution in [0.4, 0.5) is 0 Å². The van der Waals surface area contributed by atoms with E-state index in [1.807, 2.05) is 6.08 Å². The highest BCUT2D eigenvalue weighted by atomic mass is 16.3. The van der Waals surface area contributed by atoms with Crippen LogP contribution >= 0.6 is 0 Å². The summed E-state index contributed by atoms with van der Waals surface area (Å²) >= 11 is 0. The minimum absolute atomic E-state index is 0.749. The number of hydrogen-bond acceptors (Lipinski definition) is 1. The Bertz CT molecular complexity index is 2300. The molecule has 0 unspecified atom stereocenters. The fourth-order valence-electron chi connectivity index (χ4n) is 6.70. The van der Waals surface area contributed by atoms with Gasteiger partial charge >= 0.3 is 0 Å². The molecule has 8 rings (SSSR count). The largest absolute Gasteiger partial charge is 0.456 e. The Morgan fingerprint density at radius 1 is 0.442 bits per heavy atom. The zero-order valence-corrected chi connectivity index (χ0v) is 23.7. The molecule has 1 heteroatoms. The maximum atomic E-state index is 6.20. The van der Waals surface area contributed by atoms with E-state index in [1.54, 1.807) is 6.08 Å². The zero-order valence-electron chi connectivity index (χ0n) is 23.7. The summed E-state index contributed by atoms with van der Waals surface area (Å²) in [7, 11) is 0. The van der Waals surface area contributed by atoms with E-state index in [2.05, 4.69) is 147 Å². The number of fused-ring (bicyclic) bond motifs is 4. The molecule has 0 aliphatic rings. The van der Waals surface area contributed by atoms with Crippen molar-refractivity contribution >= 4 is 55.4 Å². The van der Waals surface area contributed by atoms with E-state index in [-0.39, 0.29) is 0 Å². The van der Waals surface area contributed by atoms with Crippen LogP contribution in [0, 0.1) is 0 Å². The summed E-state index contributed by atoms with van der Waals surface area (Å²) in [6.45, 7) is 7.92. The second-order valence-electron chi connectivity index (χ2n) is 10.9. The first kappa shape index (κ1) is 25.1. The van der Waals surface area contributed by atoms with Crippen LogP contribution in [-0.4, -0.2) is 0 Å². The quantitative estimate of drug-likeness (QED) is 0.195. The Hall–Kier alpha value is -5.66. The summed E-state index contributed by atoms with van der Waals surface area (Å²) in [5, 5.41) is 8.46. The highest BCUT2D eigenvalue weighted by Gasteiger charge is 2.18. The molecule has 0 N–H and O–H groups in total. The molecule has 202 valence electrons. The van der Waals surface area contributed by atoms with Gasteiger partial charge in [0.25, 0.3) is 0 Å². The monoisotopic (exact) mass is 548 g/mol. The summed E-state index contributed by atoms with van der Waals surface area (Å²) in [5.74, 6) is 0.749. The zero-order chi connectivity index (χ0) is 28.9. The molecule has 0 aliphatic heterocycles. The first-order valence-corrected chi connectivity index (χ1v) is 14.6. The van der Waals surface area contributed by atoms with Crippen molar-refractivity contribution in [3.63, 3.8) is 0 Å². The Kier molecular flexibility index (Phi) is 5.84. The first-order valence-electron chi connectivity index (χ1n) is 14.6. The van der Waals surface area contributed by atoms with Gasteiger partial charge in [-0.05, 0) is 83.9 Å². The summed E-state index contributed by atoms with van der Waals surface area (Å²) in [6.07, 6.45) is 3.59. The predicted octanol–water partition coefficient (Wildman–Crippen LogP) is 12.2. The maximum Gasteiger partial charge on any atom is 0.136 e. The molecule has 0 amide bonds. The van der Waals surface area contributed by atoms with Gasteiger partial charge < -0.3 is 4.42 Å². The number of hydrogen-bond donors (Lipinski definition) is 0. The van der Waals surface area contributed by atoms with Gasteiger partial charge in [0.15, 0.2) is 0 Å². The van der Waals surface area contributed by atoms with E-state index < -0.39 is 0 Å². The highest BCUT2D eigenvalue weighted by molar-refractivity contribution is 6.21. The lowest BCUT2D eigenvalue weighted by Crippen LogP contribution is -1.91. The van der Waals surface area contributed by atoms with Gasteiger partial charge in [0.2, 0.25) is 0 Å². The Morgan fingerprint density at radius 3 is 1.60 bits per heavy atom. The molecular formula is C42H28O. The van der Waals surface area contributed by atoms with Gasteiger partial charge in [-0.2, -0.15) is 0 Å². The van der Waals surface area contributed by atoms with Crippen molar-refractivity contribution in [2.75, 3.05) is 0 Å². The van der Waals surface area contributed by atoms with Crippen LogP contribution < -0.4 is 0 Å². The molecule has 43 heavy (non-hydrogen) atoms. The summed E-state index contributed by atoms with van der Waals surface area (Å²) in [6, 6.07) is 48.2. The lowest BCUT2D eigenvalue weighted by molar-refractivity contribution is 0.603. The van der Waals surface area contributed by atoms with E-state index in [0.29, 0.717) is 0 Å². The van der Waals surface area contributed by atoms with Crippen LogP contribution in [0.1, 0.15) is 11.3 Å². The lowest BCUT2D eigenvalue weighted by Gasteiger charge is -2.18. The van der Waals surface area contributed by atoms with Gasteiger partial charge in [0.1, 0.15) is 11.3 Å². The van der Waals surface area contributed by atoms with Crippen molar-refractivity contribution in [2.45, 2.75) is 0 Å². The molecule has 1 nitrogen and oxygen atoms in total. The van der Waals surface area contributed by atoms with Crippen LogP contribution in [-0.2, 0) is 0 Å². The molecule has 1 aromatic heterocycles. The van der Waals surface area contributed by atoms with Crippen molar-refractivity contribution in [1.82, 2.24) is 0 Å². The minimum atomic E-state index is 0.749. The van der Waals surface area contributed by atoms with E-state index in [4.69, 9.17) is 4.42 Å². The van der Waals surface area contributed by atoms with Crippen molar-refractivity contribution in [2.24, 2.45) is 0 Å². The number of benzene rings is 7. The van der Waals surface area contributed by atoms with E-state index in [1.165, 1.54) is 60.1 Å². The fourth-order valence-corrected chi connectivity index (χ4v) is 6.70. The molecule has 0 saturated carbocycles. The molecular weight excluding hydrogens is 520 g/mol. The van der Waals surface area contributed by atoms with Crippen molar-refractivity contribution < 1.29 is 4.42 Å². The third-order valence-corrected chi connectivity index (χ3v) is 8.64. The standard InChI is InChI=1S/C42H28O/c1-3-31-34-25-24-30(26-40(34)43-39(31)4-2)42-37-17-9-7-15-35(37)41(36-16-8-10-18-38(36)42)29-22-20-28(21-23-29)33-19-11-13-27-12-5-6-14-32(27)33/h3-26H,1-2H2. The molecule has 1 heterocycles. The molecule has 0 atom stereocenters. The van der Waals surface area contributed by atoms with Crippen LogP contribution in [0.15, 0.2) is 151 Å². The Labute approximate surface area is 250 Å². The van der Waals surface area contributed by atoms with Gasteiger partial charge in [-0.3, -0.25) is 0 Å². The predicted molar refractivity (Wildman–Crippen MR) is 185 cm³/mol. The average molecular weight is 549 g/mol. The van der Waals surface area contributed by atoms with Gasteiger partial charge in [-0.25, -0.2) is 0 Å². The fraction of sp³-hybridized carbons (Fsp3) is 0. The lowest BCUT2D eigenvalue weighted by atomic mass is 9.85. The Morgan fingerprint density at radius 2 is 0.977 bits per heavy atom. The van der Waals surface area contributed by atoms with E-state index in [9.17, 15) is 0 Å². The van der Waals surface area contributed by atoms with Crippen molar-refractivity contribution in [3.05, 3.63) is 158 Å². The van der Waals surface area contributed by atoms with Gasteiger partial charge in [-0.1, -0.05) is 141 Å². The molecule has 8 aromatic rings. The summed E-state index contributed by atoms with van der Waals surface area (Å²) < 4.78 is 6.20. The number of rotatable bonds is 5. The topological polar surface area (TPSA) is 13.1 Å². The van der Waals surface area contributed by atoms with Gasteiger partial charge in [0.05, 0.1) is 0 Å². The summed E-state index contributed by atoms with van der Waals surface area (Å²) in [5.41, 5.74) is 9.07. The molecule has 0 radical (unpaired) electrons. The molecule has 0 aliphatic carbocycles. The maximum absolute atomic E-state index is 6.20. The molecule has 0 bridgehead atoms. The van der Waals surface area contributed by atoms with Crippen LogP contribution in [0.2, 0.25) is 0 Å². The first-order chi connectivity index (χ1) is 21.2. The molecule has 0 spiro atoms. The van der Waals surface area contributed by atoms with Crippen molar-refractivity contribution in [3.8, 4) is 33.4 Å². The van der Waals surface area contributed by atoms with Gasteiger partial charge in [-0.15, -0.1) is 0 Å². The highest BCUT2D eigenvalue weighted by Crippen LogP contribution is 2.45. The second-order valence-corrected chi connectivity index (χ2v) is 10.9. The van der Waals surface area contributed by atoms with Crippen molar-refractivity contribution in [1.29, 1.82) is 0 Å². The number of furan rings is 1. The molecule has 0 saturated heterocycles. The molecule has 0 fully saturated rings. The van der Waals surface area contributed by atoms with E-state index in [0.717, 1.165) is 27.9 Å².